The van der Waals surface area contributed by atoms with Gasteiger partial charge in [0, 0.05) is 11.8 Å². The molecule has 0 aromatic carbocycles. The Labute approximate surface area is 108 Å². The number of pyridine rings is 1. The highest BCUT2D eigenvalue weighted by Gasteiger charge is 2.20. The van der Waals surface area contributed by atoms with E-state index in [1.54, 1.807) is 0 Å². The molecule has 0 saturated heterocycles. The van der Waals surface area contributed by atoms with Gasteiger partial charge in [-0.15, -0.1) is 5.10 Å². The molecule has 0 spiro atoms. The largest absolute Gasteiger partial charge is 0.481 e. The van der Waals surface area contributed by atoms with Crippen molar-refractivity contribution < 1.29 is 14.3 Å². The number of rotatable bonds is 5. The molecule has 8 heteroatoms. The van der Waals surface area contributed by atoms with Crippen molar-refractivity contribution in [2.45, 2.75) is 25.8 Å². The number of aromatic nitrogens is 5. The molecule has 2 aromatic rings. The first-order chi connectivity index (χ1) is 9.11. The van der Waals surface area contributed by atoms with E-state index in [1.165, 1.54) is 16.9 Å². The van der Waals surface area contributed by atoms with Gasteiger partial charge in [0.05, 0.1) is 18.7 Å². The third kappa shape index (κ3) is 2.90. The standard InChI is InChI=1S/C11H12FN5O2/c1-2-9(4-10(18)19)17-11(14-15-16-17)7-3-8(12)6-13-5-7/h3,5-6,9H,2,4H2,1H3,(H,18,19). The quantitative estimate of drug-likeness (QED) is 0.875. The van der Waals surface area contributed by atoms with E-state index in [9.17, 15) is 9.18 Å². The zero-order valence-corrected chi connectivity index (χ0v) is 10.2. The number of tetrazole rings is 1. The lowest BCUT2D eigenvalue weighted by Gasteiger charge is -2.14. The van der Waals surface area contributed by atoms with Gasteiger partial charge < -0.3 is 5.11 Å². The SMILES string of the molecule is CCC(CC(=O)O)n1nnnc1-c1cncc(F)c1. The van der Waals surface area contributed by atoms with Gasteiger partial charge in [0.2, 0.25) is 0 Å². The van der Waals surface area contributed by atoms with Gasteiger partial charge >= 0.3 is 5.97 Å². The number of carboxylic acids is 1. The van der Waals surface area contributed by atoms with Crippen molar-refractivity contribution in [1.29, 1.82) is 0 Å². The minimum atomic E-state index is -0.939. The minimum Gasteiger partial charge on any atom is -0.481 e. The van der Waals surface area contributed by atoms with Crippen LogP contribution < -0.4 is 0 Å². The normalized spacial score (nSPS) is 12.3. The molecule has 2 heterocycles. The fourth-order valence-corrected chi connectivity index (χ4v) is 1.77. The molecular weight excluding hydrogens is 253 g/mol. The van der Waals surface area contributed by atoms with Crippen molar-refractivity contribution in [3.05, 3.63) is 24.3 Å². The Hall–Kier alpha value is -2.38. The van der Waals surface area contributed by atoms with Crippen LogP contribution in [0.5, 0.6) is 0 Å². The van der Waals surface area contributed by atoms with Crippen LogP contribution in [0.2, 0.25) is 0 Å². The van der Waals surface area contributed by atoms with Crippen LogP contribution in [-0.4, -0.2) is 36.3 Å². The molecule has 0 aliphatic heterocycles. The number of carbonyl (C=O) groups is 1. The lowest BCUT2D eigenvalue weighted by molar-refractivity contribution is -0.138. The predicted octanol–water partition coefficient (Wildman–Crippen LogP) is 1.30. The van der Waals surface area contributed by atoms with Crippen molar-refractivity contribution in [3.8, 4) is 11.4 Å². The molecule has 0 bridgehead atoms. The first-order valence-corrected chi connectivity index (χ1v) is 5.72. The average Bonchev–Trinajstić information content (AvgIpc) is 2.84. The van der Waals surface area contributed by atoms with E-state index in [0.717, 1.165) is 6.20 Å². The summed E-state index contributed by atoms with van der Waals surface area (Å²) in [5.41, 5.74) is 0.411. The second kappa shape index (κ2) is 5.51. The molecule has 0 radical (unpaired) electrons. The Kier molecular flexibility index (Phi) is 3.79. The second-order valence-corrected chi connectivity index (χ2v) is 4.00. The number of hydrogen-bond donors (Lipinski definition) is 1. The van der Waals surface area contributed by atoms with Crippen molar-refractivity contribution in [2.75, 3.05) is 0 Å². The van der Waals surface area contributed by atoms with Gasteiger partial charge in [-0.2, -0.15) is 0 Å². The monoisotopic (exact) mass is 265 g/mol. The minimum absolute atomic E-state index is 0.0999. The maximum absolute atomic E-state index is 13.1. The molecule has 0 aliphatic rings. The maximum Gasteiger partial charge on any atom is 0.305 e. The summed E-state index contributed by atoms with van der Waals surface area (Å²) >= 11 is 0. The summed E-state index contributed by atoms with van der Waals surface area (Å²) in [5.74, 6) is -1.14. The number of halogens is 1. The molecule has 1 N–H and O–H groups in total. The first kappa shape index (κ1) is 13.1. The van der Waals surface area contributed by atoms with Crippen molar-refractivity contribution in [1.82, 2.24) is 25.2 Å². The topological polar surface area (TPSA) is 93.8 Å². The second-order valence-electron chi connectivity index (χ2n) is 4.00. The van der Waals surface area contributed by atoms with Gasteiger partial charge in [0.15, 0.2) is 5.82 Å². The Morgan fingerprint density at radius 1 is 1.53 bits per heavy atom. The molecule has 0 saturated carbocycles. The van der Waals surface area contributed by atoms with E-state index in [0.29, 0.717) is 17.8 Å². The molecular formula is C11H12FN5O2. The Bertz CT molecular complexity index is 586. The highest BCUT2D eigenvalue weighted by Crippen LogP contribution is 2.22. The van der Waals surface area contributed by atoms with Crippen LogP contribution in [0.25, 0.3) is 11.4 Å². The number of carboxylic acid groups (broad SMARTS) is 1. The molecule has 1 atom stereocenters. The molecule has 100 valence electrons. The van der Waals surface area contributed by atoms with Gasteiger partial charge in [-0.25, -0.2) is 9.07 Å². The van der Waals surface area contributed by atoms with E-state index in [-0.39, 0.29) is 12.5 Å². The average molecular weight is 265 g/mol. The van der Waals surface area contributed by atoms with E-state index in [4.69, 9.17) is 5.11 Å². The van der Waals surface area contributed by atoms with E-state index >= 15 is 0 Å². The van der Waals surface area contributed by atoms with Gasteiger partial charge in [0.1, 0.15) is 5.82 Å². The summed E-state index contributed by atoms with van der Waals surface area (Å²) in [5, 5.41) is 20.0. The lowest BCUT2D eigenvalue weighted by atomic mass is 10.1. The maximum atomic E-state index is 13.1. The molecule has 0 amide bonds. The Morgan fingerprint density at radius 2 is 2.32 bits per heavy atom. The van der Waals surface area contributed by atoms with Gasteiger partial charge in [-0.05, 0) is 22.9 Å². The fraction of sp³-hybridized carbons (Fsp3) is 0.364. The van der Waals surface area contributed by atoms with Crippen LogP contribution in [0, 0.1) is 5.82 Å². The van der Waals surface area contributed by atoms with E-state index < -0.39 is 11.8 Å². The van der Waals surface area contributed by atoms with Crippen molar-refractivity contribution >= 4 is 5.97 Å². The molecule has 2 rings (SSSR count). The van der Waals surface area contributed by atoms with Crippen LogP contribution >= 0.6 is 0 Å². The summed E-state index contributed by atoms with van der Waals surface area (Å²) in [4.78, 5) is 14.5. The van der Waals surface area contributed by atoms with E-state index in [1.807, 2.05) is 6.92 Å². The number of aliphatic carboxylic acids is 1. The smallest absolute Gasteiger partial charge is 0.305 e. The number of hydrogen-bond acceptors (Lipinski definition) is 5. The Morgan fingerprint density at radius 3 is 2.95 bits per heavy atom. The molecule has 0 aliphatic carbocycles. The van der Waals surface area contributed by atoms with Crippen molar-refractivity contribution in [2.24, 2.45) is 0 Å². The zero-order valence-electron chi connectivity index (χ0n) is 10.2. The highest BCUT2D eigenvalue weighted by atomic mass is 19.1. The Balaban J connectivity index is 2.38. The molecule has 19 heavy (non-hydrogen) atoms. The summed E-state index contributed by atoms with van der Waals surface area (Å²) in [7, 11) is 0. The van der Waals surface area contributed by atoms with Crippen molar-refractivity contribution in [3.63, 3.8) is 0 Å². The third-order valence-corrected chi connectivity index (χ3v) is 2.68. The van der Waals surface area contributed by atoms with E-state index in [2.05, 4.69) is 20.5 Å². The van der Waals surface area contributed by atoms with Gasteiger partial charge in [-0.1, -0.05) is 6.92 Å². The molecule has 7 nitrogen and oxygen atoms in total. The van der Waals surface area contributed by atoms with Crippen LogP contribution in [0.4, 0.5) is 4.39 Å². The molecule has 1 unspecified atom stereocenters. The van der Waals surface area contributed by atoms with Crippen LogP contribution in [0.15, 0.2) is 18.5 Å². The third-order valence-electron chi connectivity index (χ3n) is 2.68. The summed E-state index contributed by atoms with van der Waals surface area (Å²) in [6.07, 6.45) is 2.95. The summed E-state index contributed by atoms with van der Waals surface area (Å²) in [6, 6.07) is 0.869. The first-order valence-electron chi connectivity index (χ1n) is 5.72. The predicted molar refractivity (Wildman–Crippen MR) is 62.6 cm³/mol. The van der Waals surface area contributed by atoms with Gasteiger partial charge in [-0.3, -0.25) is 9.78 Å². The lowest BCUT2D eigenvalue weighted by Crippen LogP contribution is -2.15. The van der Waals surface area contributed by atoms with Crippen LogP contribution in [0.3, 0.4) is 0 Å². The fourth-order valence-electron chi connectivity index (χ4n) is 1.77. The molecule has 0 fully saturated rings. The number of nitrogens with zero attached hydrogens (tertiary/aromatic N) is 5. The molecule has 2 aromatic heterocycles. The van der Waals surface area contributed by atoms with Gasteiger partial charge in [0.25, 0.3) is 0 Å². The zero-order chi connectivity index (χ0) is 13.8. The summed E-state index contributed by atoms with van der Waals surface area (Å²) < 4.78 is 14.5. The summed E-state index contributed by atoms with van der Waals surface area (Å²) in [6.45, 7) is 1.84. The highest BCUT2D eigenvalue weighted by molar-refractivity contribution is 5.67. The van der Waals surface area contributed by atoms with Crippen LogP contribution in [0.1, 0.15) is 25.8 Å². The van der Waals surface area contributed by atoms with Crippen LogP contribution in [-0.2, 0) is 4.79 Å².